The molecule has 0 aromatic heterocycles. The van der Waals surface area contributed by atoms with Crippen LogP contribution < -0.4 is 4.74 Å². The normalized spacial score (nSPS) is 15.4. The number of nitrogens with zero attached hydrogens (tertiary/aromatic N) is 2. The molecule has 26 heavy (non-hydrogen) atoms. The molecule has 0 atom stereocenters. The number of ether oxygens (including phenoxy) is 1. The summed E-state index contributed by atoms with van der Waals surface area (Å²) >= 11 is 3.45. The average Bonchev–Trinajstić information content (AvgIpc) is 2.69. The van der Waals surface area contributed by atoms with Crippen molar-refractivity contribution in [2.75, 3.05) is 39.8 Å². The van der Waals surface area contributed by atoms with Crippen LogP contribution in [0, 0.1) is 0 Å². The van der Waals surface area contributed by atoms with E-state index in [2.05, 4.69) is 45.1 Å². The minimum Gasteiger partial charge on any atom is -0.496 e. The van der Waals surface area contributed by atoms with Gasteiger partial charge in [-0.15, -0.1) is 0 Å². The molecule has 2 aromatic carbocycles. The Balaban J connectivity index is 1.51. The summed E-state index contributed by atoms with van der Waals surface area (Å²) in [7, 11) is 1.62. The summed E-state index contributed by atoms with van der Waals surface area (Å²) in [6, 6.07) is 15.8. The zero-order valence-corrected chi connectivity index (χ0v) is 16.5. The summed E-state index contributed by atoms with van der Waals surface area (Å²) in [5, 5.41) is 0. The Morgan fingerprint density at radius 3 is 2.50 bits per heavy atom. The highest BCUT2D eigenvalue weighted by Gasteiger charge is 2.22. The zero-order chi connectivity index (χ0) is 18.4. The number of amides is 1. The Morgan fingerprint density at radius 1 is 1.12 bits per heavy atom. The van der Waals surface area contributed by atoms with Gasteiger partial charge in [-0.2, -0.15) is 0 Å². The van der Waals surface area contributed by atoms with E-state index >= 15 is 0 Å². The van der Waals surface area contributed by atoms with Crippen LogP contribution in [0.4, 0.5) is 0 Å². The molecule has 0 unspecified atom stereocenters. The predicted molar refractivity (Wildman–Crippen MR) is 109 cm³/mol. The zero-order valence-electron chi connectivity index (χ0n) is 14.9. The van der Waals surface area contributed by atoms with Crippen molar-refractivity contribution in [3.05, 3.63) is 70.2 Å². The van der Waals surface area contributed by atoms with Gasteiger partial charge in [0.05, 0.1) is 11.6 Å². The number of carbonyl (C=O) groups is 1. The Hall–Kier alpha value is -2.11. The van der Waals surface area contributed by atoms with Crippen molar-refractivity contribution in [3.63, 3.8) is 0 Å². The Labute approximate surface area is 163 Å². The number of rotatable bonds is 5. The second-order valence-electron chi connectivity index (χ2n) is 6.26. The first kappa shape index (κ1) is 18.7. The quantitative estimate of drug-likeness (QED) is 0.742. The van der Waals surface area contributed by atoms with E-state index in [1.165, 1.54) is 5.56 Å². The lowest BCUT2D eigenvalue weighted by atomic mass is 10.1. The fourth-order valence-electron chi connectivity index (χ4n) is 3.02. The lowest BCUT2D eigenvalue weighted by Crippen LogP contribution is -2.48. The first-order valence-electron chi connectivity index (χ1n) is 8.74. The van der Waals surface area contributed by atoms with Crippen molar-refractivity contribution < 1.29 is 9.53 Å². The van der Waals surface area contributed by atoms with Gasteiger partial charge in [0, 0.05) is 38.3 Å². The van der Waals surface area contributed by atoms with E-state index in [4.69, 9.17) is 4.74 Å². The van der Waals surface area contributed by atoms with Crippen molar-refractivity contribution in [1.82, 2.24) is 9.80 Å². The van der Waals surface area contributed by atoms with Gasteiger partial charge in [-0.3, -0.25) is 9.69 Å². The van der Waals surface area contributed by atoms with E-state index in [1.54, 1.807) is 7.11 Å². The SMILES string of the molecule is COc1ccc(C(=O)N2CCN(C/C=C/c3ccccc3)CC2)cc1Br. The van der Waals surface area contributed by atoms with E-state index < -0.39 is 0 Å². The molecule has 1 aliphatic rings. The fraction of sp³-hybridized carbons (Fsp3) is 0.286. The number of benzene rings is 2. The molecule has 0 aliphatic carbocycles. The molecule has 136 valence electrons. The topological polar surface area (TPSA) is 32.8 Å². The molecule has 1 amide bonds. The molecule has 3 rings (SSSR count). The summed E-state index contributed by atoms with van der Waals surface area (Å²) in [4.78, 5) is 17.0. The summed E-state index contributed by atoms with van der Waals surface area (Å²) < 4.78 is 6.03. The molecule has 1 aliphatic heterocycles. The van der Waals surface area contributed by atoms with Crippen molar-refractivity contribution in [2.45, 2.75) is 0 Å². The van der Waals surface area contributed by atoms with Crippen molar-refractivity contribution in [1.29, 1.82) is 0 Å². The highest BCUT2D eigenvalue weighted by Crippen LogP contribution is 2.26. The van der Waals surface area contributed by atoms with Gasteiger partial charge in [-0.05, 0) is 39.7 Å². The first-order chi connectivity index (χ1) is 12.7. The van der Waals surface area contributed by atoms with Gasteiger partial charge in [0.15, 0.2) is 0 Å². The number of methoxy groups -OCH3 is 1. The smallest absolute Gasteiger partial charge is 0.253 e. The van der Waals surface area contributed by atoms with Gasteiger partial charge in [-0.25, -0.2) is 0 Å². The minimum absolute atomic E-state index is 0.0767. The van der Waals surface area contributed by atoms with Crippen molar-refractivity contribution in [2.24, 2.45) is 0 Å². The van der Waals surface area contributed by atoms with Crippen LogP contribution in [0.1, 0.15) is 15.9 Å². The standard InChI is InChI=1S/C21H23BrN2O2/c1-26-20-10-9-18(16-19(20)22)21(25)24-14-12-23(13-15-24)11-5-8-17-6-3-2-4-7-17/h2-10,16H,11-15H2,1H3/b8-5+. The second-order valence-corrected chi connectivity index (χ2v) is 7.11. The molecule has 1 heterocycles. The maximum Gasteiger partial charge on any atom is 0.253 e. The Morgan fingerprint density at radius 2 is 1.85 bits per heavy atom. The molecule has 0 saturated carbocycles. The van der Waals surface area contributed by atoms with Gasteiger partial charge in [-0.1, -0.05) is 42.5 Å². The number of piperazine rings is 1. The van der Waals surface area contributed by atoms with Crippen LogP contribution in [-0.4, -0.2) is 55.5 Å². The summed E-state index contributed by atoms with van der Waals surface area (Å²) in [6.07, 6.45) is 4.33. The van der Waals surface area contributed by atoms with Crippen LogP contribution in [0.3, 0.4) is 0 Å². The van der Waals surface area contributed by atoms with Gasteiger partial charge in [0.25, 0.3) is 5.91 Å². The average molecular weight is 415 g/mol. The number of hydrogen-bond donors (Lipinski definition) is 0. The third-order valence-corrected chi connectivity index (χ3v) is 5.15. The monoisotopic (exact) mass is 414 g/mol. The Bertz CT molecular complexity index is 769. The molecule has 0 spiro atoms. The van der Waals surface area contributed by atoms with Crippen LogP contribution in [0.2, 0.25) is 0 Å². The molecule has 0 bridgehead atoms. The van der Waals surface area contributed by atoms with Crippen molar-refractivity contribution in [3.8, 4) is 5.75 Å². The van der Waals surface area contributed by atoms with Crippen LogP contribution >= 0.6 is 15.9 Å². The maximum atomic E-state index is 12.7. The lowest BCUT2D eigenvalue weighted by molar-refractivity contribution is 0.0650. The summed E-state index contributed by atoms with van der Waals surface area (Å²) in [6.45, 7) is 4.19. The molecule has 1 fully saturated rings. The van der Waals surface area contributed by atoms with Crippen LogP contribution in [-0.2, 0) is 0 Å². The van der Waals surface area contributed by atoms with E-state index in [0.717, 1.165) is 42.9 Å². The second kappa shape index (κ2) is 9.01. The van der Waals surface area contributed by atoms with Gasteiger partial charge >= 0.3 is 0 Å². The lowest BCUT2D eigenvalue weighted by Gasteiger charge is -2.34. The van der Waals surface area contributed by atoms with Gasteiger partial charge in [0.1, 0.15) is 5.75 Å². The first-order valence-corrected chi connectivity index (χ1v) is 9.53. The molecule has 1 saturated heterocycles. The third kappa shape index (κ3) is 4.74. The largest absolute Gasteiger partial charge is 0.496 e. The Kier molecular flexibility index (Phi) is 6.47. The predicted octanol–water partition coefficient (Wildman–Crippen LogP) is 3.93. The number of halogens is 1. The molecule has 0 N–H and O–H groups in total. The molecule has 4 nitrogen and oxygen atoms in total. The maximum absolute atomic E-state index is 12.7. The van der Waals surface area contributed by atoms with E-state index in [1.807, 2.05) is 41.3 Å². The van der Waals surface area contributed by atoms with E-state index in [-0.39, 0.29) is 5.91 Å². The molecule has 5 heteroatoms. The fourth-order valence-corrected chi connectivity index (χ4v) is 3.56. The van der Waals surface area contributed by atoms with E-state index in [9.17, 15) is 4.79 Å². The summed E-state index contributed by atoms with van der Waals surface area (Å²) in [5.41, 5.74) is 1.90. The van der Waals surface area contributed by atoms with Gasteiger partial charge in [0.2, 0.25) is 0 Å². The highest BCUT2D eigenvalue weighted by atomic mass is 79.9. The number of carbonyl (C=O) groups excluding carboxylic acids is 1. The molecule has 0 radical (unpaired) electrons. The van der Waals surface area contributed by atoms with Crippen LogP contribution in [0.15, 0.2) is 59.1 Å². The van der Waals surface area contributed by atoms with Crippen LogP contribution in [0.5, 0.6) is 5.75 Å². The highest BCUT2D eigenvalue weighted by molar-refractivity contribution is 9.10. The van der Waals surface area contributed by atoms with Crippen LogP contribution in [0.25, 0.3) is 6.08 Å². The summed E-state index contributed by atoms with van der Waals surface area (Å²) in [5.74, 6) is 0.810. The van der Waals surface area contributed by atoms with E-state index in [0.29, 0.717) is 5.56 Å². The number of hydrogen-bond acceptors (Lipinski definition) is 3. The molecular formula is C21H23BrN2O2. The molecule has 2 aromatic rings. The van der Waals surface area contributed by atoms with Crippen molar-refractivity contribution >= 4 is 27.9 Å². The van der Waals surface area contributed by atoms with Gasteiger partial charge < -0.3 is 9.64 Å². The third-order valence-electron chi connectivity index (χ3n) is 4.53. The minimum atomic E-state index is 0.0767. The molecular weight excluding hydrogens is 392 g/mol.